The molecule has 4 amide bonds. The van der Waals surface area contributed by atoms with Crippen LogP contribution in [-0.2, 0) is 14.3 Å². The third-order valence-corrected chi connectivity index (χ3v) is 13.0. The van der Waals surface area contributed by atoms with Gasteiger partial charge in [0.25, 0.3) is 11.8 Å². The number of nitrogens with zero attached hydrogens (tertiary/aromatic N) is 4. The van der Waals surface area contributed by atoms with Crippen molar-refractivity contribution < 1.29 is 19.1 Å². The zero-order valence-corrected chi connectivity index (χ0v) is 37.0. The zero-order valence-electron chi connectivity index (χ0n) is 37.0. The van der Waals surface area contributed by atoms with Gasteiger partial charge in [0, 0.05) is 69.0 Å². The van der Waals surface area contributed by atoms with Gasteiger partial charge in [0.15, 0.2) is 0 Å². The van der Waals surface area contributed by atoms with Crippen LogP contribution in [-0.4, -0.2) is 63.1 Å². The average molecular weight is 817 g/mol. The van der Waals surface area contributed by atoms with Gasteiger partial charge in [-0.1, -0.05) is 113 Å². The highest BCUT2D eigenvalue weighted by Crippen LogP contribution is 2.41. The van der Waals surface area contributed by atoms with Crippen LogP contribution in [0.25, 0.3) is 55.5 Å². The van der Waals surface area contributed by atoms with E-state index in [1.54, 1.807) is 14.0 Å². The number of unbranched alkanes of at least 4 members (excludes halogenated alkanes) is 1. The van der Waals surface area contributed by atoms with Crippen molar-refractivity contribution in [1.29, 1.82) is 0 Å². The van der Waals surface area contributed by atoms with E-state index in [0.29, 0.717) is 24.8 Å². The SMILES string of the molecule is CCCCN1C(=O)C(=C2/C(=C/C=c3c4cccc5cccc(c54)n3C(C)CCC)CC/C2=C\C=c2/c3cccc4cccc(c43)n2C(C)CCC)C(=O)N(C(C)COC)C1=O. The van der Waals surface area contributed by atoms with Gasteiger partial charge in [-0.05, 0) is 105 Å². The van der Waals surface area contributed by atoms with Gasteiger partial charge in [0.1, 0.15) is 5.57 Å². The highest BCUT2D eigenvalue weighted by Gasteiger charge is 2.46. The maximum atomic E-state index is 14.9. The van der Waals surface area contributed by atoms with E-state index in [-0.39, 0.29) is 30.8 Å². The second kappa shape index (κ2) is 17.7. The highest BCUT2D eigenvalue weighted by atomic mass is 16.5. The molecule has 0 spiro atoms. The summed E-state index contributed by atoms with van der Waals surface area (Å²) >= 11 is 0. The normalized spacial score (nSPS) is 20.1. The minimum atomic E-state index is -0.578. The van der Waals surface area contributed by atoms with Crippen molar-refractivity contribution in [3.8, 4) is 0 Å². The van der Waals surface area contributed by atoms with Crippen molar-refractivity contribution >= 4 is 73.3 Å². The fourth-order valence-electron chi connectivity index (χ4n) is 10.2. The number of imide groups is 2. The molecule has 1 aliphatic heterocycles. The van der Waals surface area contributed by atoms with Crippen molar-refractivity contribution in [1.82, 2.24) is 18.9 Å². The Morgan fingerprint density at radius 2 is 1.10 bits per heavy atom. The molecule has 3 unspecified atom stereocenters. The first-order valence-corrected chi connectivity index (χ1v) is 22.5. The van der Waals surface area contributed by atoms with Crippen LogP contribution in [0.5, 0.6) is 0 Å². The Hall–Kier alpha value is -5.73. The molecule has 8 rings (SSSR count). The predicted molar refractivity (Wildman–Crippen MR) is 250 cm³/mol. The second-order valence-electron chi connectivity index (χ2n) is 17.2. The van der Waals surface area contributed by atoms with Gasteiger partial charge in [-0.15, -0.1) is 0 Å². The number of ether oxygens (including phenoxy) is 1. The van der Waals surface area contributed by atoms with Crippen LogP contribution in [0, 0.1) is 0 Å². The first-order valence-electron chi connectivity index (χ1n) is 22.5. The zero-order chi connectivity index (χ0) is 42.9. The van der Waals surface area contributed by atoms with Crippen molar-refractivity contribution in [3.05, 3.63) is 118 Å². The van der Waals surface area contributed by atoms with Crippen LogP contribution in [0.15, 0.2) is 107 Å². The van der Waals surface area contributed by atoms with E-state index in [2.05, 4.69) is 134 Å². The molecule has 8 heteroatoms. The van der Waals surface area contributed by atoms with Crippen LogP contribution >= 0.6 is 0 Å². The summed E-state index contributed by atoms with van der Waals surface area (Å²) in [5.74, 6) is -1.08. The number of barbiturate groups is 1. The van der Waals surface area contributed by atoms with E-state index in [9.17, 15) is 14.4 Å². The molecule has 3 atom stereocenters. The van der Waals surface area contributed by atoms with Crippen molar-refractivity contribution in [2.45, 2.75) is 111 Å². The monoisotopic (exact) mass is 816 g/mol. The summed E-state index contributed by atoms with van der Waals surface area (Å²) in [6.45, 7) is 13.3. The second-order valence-corrected chi connectivity index (χ2v) is 17.2. The lowest BCUT2D eigenvalue weighted by molar-refractivity contribution is -0.137. The molecule has 2 aromatic heterocycles. The Morgan fingerprint density at radius 1 is 0.607 bits per heavy atom. The maximum absolute atomic E-state index is 14.9. The first-order chi connectivity index (χ1) is 29.6. The summed E-state index contributed by atoms with van der Waals surface area (Å²) < 4.78 is 10.4. The molecule has 4 aromatic carbocycles. The molecule has 1 saturated carbocycles. The number of hydrogen-bond donors (Lipinski definition) is 0. The van der Waals surface area contributed by atoms with Gasteiger partial charge in [0.05, 0.1) is 12.6 Å². The third-order valence-electron chi connectivity index (χ3n) is 13.0. The lowest BCUT2D eigenvalue weighted by atomic mass is 9.94. The standard InChI is InChI=1S/C53H60N4O4/c1-8-11-32-54-51(58)50(52(59)57(53(54)60)36(6)33-61-7)47-39(28-30-43-41-22-12-18-37-20-14-24-45(48(37)41)55(43)34(4)16-9-2)26-27-40(47)29-31-44-42-23-13-19-38-21-15-25-46(49(38)42)56(44)35(5)17-10-3/h12-15,18-25,28-31,34-36H,8-11,16-17,26-27,32-33H2,1-7H3/b39-28+,40-29+,43-30+,44-31?,50-47?. The quantitative estimate of drug-likeness (QED) is 0.0810. The number of carbonyl (C=O) groups excluding carboxylic acids is 3. The van der Waals surface area contributed by atoms with Crippen LogP contribution in [0.3, 0.4) is 0 Å². The summed E-state index contributed by atoms with van der Waals surface area (Å²) in [5.41, 5.74) is 4.93. The summed E-state index contributed by atoms with van der Waals surface area (Å²) in [7, 11) is 1.56. The van der Waals surface area contributed by atoms with Crippen molar-refractivity contribution in [2.24, 2.45) is 0 Å². The molecule has 0 radical (unpaired) electrons. The molecule has 1 aliphatic carbocycles. The van der Waals surface area contributed by atoms with E-state index in [0.717, 1.165) is 53.9 Å². The van der Waals surface area contributed by atoms with Crippen molar-refractivity contribution in [2.75, 3.05) is 20.3 Å². The largest absolute Gasteiger partial charge is 0.383 e. The lowest BCUT2D eigenvalue weighted by Gasteiger charge is -2.37. The van der Waals surface area contributed by atoms with Gasteiger partial charge in [-0.3, -0.25) is 19.4 Å². The molecule has 3 heterocycles. The fraction of sp³-hybridized carbons (Fsp3) is 0.377. The molecule has 1 saturated heterocycles. The number of amides is 4. The van der Waals surface area contributed by atoms with E-state index in [1.807, 2.05) is 6.92 Å². The van der Waals surface area contributed by atoms with Gasteiger partial charge < -0.3 is 13.9 Å². The third kappa shape index (κ3) is 7.33. The van der Waals surface area contributed by atoms with Gasteiger partial charge in [-0.2, -0.15) is 0 Å². The molecule has 0 N–H and O–H groups in total. The Labute approximate surface area is 359 Å². The topological polar surface area (TPSA) is 76.8 Å². The molecule has 6 aromatic rings. The van der Waals surface area contributed by atoms with E-state index in [1.165, 1.54) is 53.2 Å². The summed E-state index contributed by atoms with van der Waals surface area (Å²) in [5, 5.41) is 9.47. The number of aromatic nitrogens is 2. The Morgan fingerprint density at radius 3 is 1.56 bits per heavy atom. The molecular formula is C53H60N4O4. The summed E-state index contributed by atoms with van der Waals surface area (Å²) in [6, 6.07) is 25.4. The smallest absolute Gasteiger partial charge is 0.334 e. The van der Waals surface area contributed by atoms with E-state index < -0.39 is 23.9 Å². The number of carbonyl (C=O) groups is 3. The number of hydrogen-bond acceptors (Lipinski definition) is 4. The van der Waals surface area contributed by atoms with Crippen LogP contribution in [0.1, 0.15) is 105 Å². The van der Waals surface area contributed by atoms with Crippen LogP contribution in [0.2, 0.25) is 0 Å². The first kappa shape index (κ1) is 42.0. The number of benzene rings is 4. The van der Waals surface area contributed by atoms with E-state index >= 15 is 0 Å². The molecule has 0 bridgehead atoms. The molecular weight excluding hydrogens is 757 g/mol. The number of allylic oxidation sites excluding steroid dienone is 5. The Bertz CT molecular complexity index is 2700. The highest BCUT2D eigenvalue weighted by molar-refractivity contribution is 6.30. The molecule has 61 heavy (non-hydrogen) atoms. The fourth-order valence-corrected chi connectivity index (χ4v) is 10.2. The van der Waals surface area contributed by atoms with Gasteiger partial charge >= 0.3 is 6.03 Å². The minimum absolute atomic E-state index is 0.0616. The molecule has 2 fully saturated rings. The maximum Gasteiger partial charge on any atom is 0.334 e. The summed E-state index contributed by atoms with van der Waals surface area (Å²) in [4.78, 5) is 46.3. The summed E-state index contributed by atoms with van der Waals surface area (Å²) in [6.07, 6.45) is 15.6. The number of methoxy groups -OCH3 is 1. The Balaban J connectivity index is 1.41. The molecule has 316 valence electrons. The molecule has 2 aliphatic rings. The lowest BCUT2D eigenvalue weighted by Crippen LogP contribution is -2.60. The van der Waals surface area contributed by atoms with Crippen LogP contribution in [0.4, 0.5) is 4.79 Å². The van der Waals surface area contributed by atoms with Crippen LogP contribution < -0.4 is 10.7 Å². The predicted octanol–water partition coefficient (Wildman–Crippen LogP) is 10.9. The van der Waals surface area contributed by atoms with Gasteiger partial charge in [-0.25, -0.2) is 4.79 Å². The van der Waals surface area contributed by atoms with E-state index in [4.69, 9.17) is 4.74 Å². The molecule has 8 nitrogen and oxygen atoms in total. The van der Waals surface area contributed by atoms with Crippen molar-refractivity contribution in [3.63, 3.8) is 0 Å². The average Bonchev–Trinajstić information content (AvgIpc) is 3.91. The number of urea groups is 1. The number of rotatable bonds is 14. The van der Waals surface area contributed by atoms with Gasteiger partial charge in [0.2, 0.25) is 0 Å². The minimum Gasteiger partial charge on any atom is -0.383 e. The Kier molecular flexibility index (Phi) is 12.2.